The van der Waals surface area contributed by atoms with E-state index in [4.69, 9.17) is 0 Å². The van der Waals surface area contributed by atoms with Crippen LogP contribution in [0, 0.1) is 6.92 Å². The first kappa shape index (κ1) is 13.8. The Morgan fingerprint density at radius 3 is 2.42 bits per heavy atom. The molecule has 0 unspecified atom stereocenters. The summed E-state index contributed by atoms with van der Waals surface area (Å²) in [6.45, 7) is 7.26. The summed E-state index contributed by atoms with van der Waals surface area (Å²) in [6, 6.07) is 6.50. The van der Waals surface area contributed by atoms with Crippen molar-refractivity contribution in [1.82, 2.24) is 4.31 Å². The first-order valence-electron chi connectivity index (χ1n) is 6.10. The van der Waals surface area contributed by atoms with Gasteiger partial charge in [-0.2, -0.15) is 0 Å². The van der Waals surface area contributed by atoms with E-state index in [0.29, 0.717) is 6.42 Å². The molecule has 2 rings (SSSR count). The largest absolute Gasteiger partial charge is 0.274 e. The summed E-state index contributed by atoms with van der Waals surface area (Å²) < 4.78 is 26.1. The van der Waals surface area contributed by atoms with Crippen molar-refractivity contribution in [2.24, 2.45) is 0 Å². The number of hydrogen-bond donors (Lipinski definition) is 0. The predicted octanol–water partition coefficient (Wildman–Crippen LogP) is 2.25. The van der Waals surface area contributed by atoms with E-state index in [1.54, 1.807) is 19.1 Å². The van der Waals surface area contributed by atoms with Crippen LogP contribution in [-0.4, -0.2) is 24.2 Å². The minimum Gasteiger partial charge on any atom is -0.274 e. The molecule has 0 spiro atoms. The zero-order valence-corrected chi connectivity index (χ0v) is 11.9. The van der Waals surface area contributed by atoms with Crippen LogP contribution in [0.15, 0.2) is 41.8 Å². The van der Waals surface area contributed by atoms with Crippen molar-refractivity contribution in [1.29, 1.82) is 0 Å². The maximum absolute atomic E-state index is 12.6. The smallest absolute Gasteiger partial charge is 0.267 e. The van der Waals surface area contributed by atoms with Crippen LogP contribution in [0.4, 0.5) is 0 Å². The van der Waals surface area contributed by atoms with Gasteiger partial charge in [-0.1, -0.05) is 23.8 Å². The van der Waals surface area contributed by atoms with E-state index in [0.717, 1.165) is 9.87 Å². The normalized spacial score (nSPS) is 23.7. The monoisotopic (exact) mass is 279 g/mol. The Balaban J connectivity index is 2.52. The SMILES string of the molecule is C=C[C@]1(C)CCC(=O)N1S(=O)(=O)c1ccc(C)cc1. The van der Waals surface area contributed by atoms with Crippen LogP contribution in [-0.2, 0) is 14.8 Å². The van der Waals surface area contributed by atoms with Gasteiger partial charge in [-0.3, -0.25) is 4.79 Å². The van der Waals surface area contributed by atoms with Crippen LogP contribution in [0.2, 0.25) is 0 Å². The summed E-state index contributed by atoms with van der Waals surface area (Å²) in [5.74, 6) is -0.372. The lowest BCUT2D eigenvalue weighted by Crippen LogP contribution is -2.45. The van der Waals surface area contributed by atoms with Gasteiger partial charge in [0.25, 0.3) is 10.0 Å². The molecule has 1 aliphatic heterocycles. The lowest BCUT2D eigenvalue weighted by molar-refractivity contribution is -0.124. The van der Waals surface area contributed by atoms with E-state index < -0.39 is 15.6 Å². The van der Waals surface area contributed by atoms with Crippen LogP contribution < -0.4 is 0 Å². The van der Waals surface area contributed by atoms with Gasteiger partial charge >= 0.3 is 0 Å². The molecule has 1 aliphatic rings. The molecule has 102 valence electrons. The Kier molecular flexibility index (Phi) is 3.26. The highest BCUT2D eigenvalue weighted by Gasteiger charge is 2.46. The number of hydrogen-bond acceptors (Lipinski definition) is 3. The topological polar surface area (TPSA) is 54.5 Å². The lowest BCUT2D eigenvalue weighted by atomic mass is 10.0. The van der Waals surface area contributed by atoms with Gasteiger partial charge in [0.05, 0.1) is 10.4 Å². The van der Waals surface area contributed by atoms with Gasteiger partial charge < -0.3 is 0 Å². The quantitative estimate of drug-likeness (QED) is 0.797. The number of amides is 1. The highest BCUT2D eigenvalue weighted by molar-refractivity contribution is 7.89. The fourth-order valence-corrected chi connectivity index (χ4v) is 4.02. The molecular weight excluding hydrogens is 262 g/mol. The zero-order chi connectivity index (χ0) is 14.3. The molecule has 1 saturated heterocycles. The van der Waals surface area contributed by atoms with Gasteiger partial charge in [0.2, 0.25) is 5.91 Å². The van der Waals surface area contributed by atoms with E-state index in [9.17, 15) is 13.2 Å². The third-order valence-electron chi connectivity index (χ3n) is 3.53. The Hall–Kier alpha value is -1.62. The van der Waals surface area contributed by atoms with Gasteiger partial charge in [0, 0.05) is 6.42 Å². The summed E-state index contributed by atoms with van der Waals surface area (Å²) in [4.78, 5) is 12.1. The van der Waals surface area contributed by atoms with Crippen molar-refractivity contribution in [3.8, 4) is 0 Å². The molecule has 4 nitrogen and oxygen atoms in total. The third-order valence-corrected chi connectivity index (χ3v) is 5.50. The van der Waals surface area contributed by atoms with Crippen molar-refractivity contribution >= 4 is 15.9 Å². The molecule has 0 saturated carbocycles. The Morgan fingerprint density at radius 1 is 1.32 bits per heavy atom. The number of rotatable bonds is 3. The minimum absolute atomic E-state index is 0.140. The summed E-state index contributed by atoms with van der Waals surface area (Å²) in [7, 11) is -3.81. The molecule has 0 aromatic heterocycles. The molecule has 1 fully saturated rings. The molecular formula is C14H17NO3S. The number of carbonyl (C=O) groups is 1. The number of benzene rings is 1. The van der Waals surface area contributed by atoms with E-state index in [1.165, 1.54) is 18.2 Å². The molecule has 0 aliphatic carbocycles. The first-order valence-corrected chi connectivity index (χ1v) is 7.54. The molecule has 1 heterocycles. The second kappa shape index (κ2) is 4.49. The summed E-state index contributed by atoms with van der Waals surface area (Å²) in [5.41, 5.74) is 0.138. The Bertz CT molecular complexity index is 619. The van der Waals surface area contributed by atoms with Crippen LogP contribution in [0.25, 0.3) is 0 Å². The fourth-order valence-electron chi connectivity index (χ4n) is 2.26. The molecule has 1 amide bonds. The highest BCUT2D eigenvalue weighted by Crippen LogP contribution is 2.36. The fraction of sp³-hybridized carbons (Fsp3) is 0.357. The maximum atomic E-state index is 12.6. The number of aryl methyl sites for hydroxylation is 1. The zero-order valence-electron chi connectivity index (χ0n) is 11.1. The van der Waals surface area contributed by atoms with Crippen molar-refractivity contribution in [3.05, 3.63) is 42.5 Å². The lowest BCUT2D eigenvalue weighted by Gasteiger charge is -2.31. The van der Waals surface area contributed by atoms with Crippen LogP contribution in [0.1, 0.15) is 25.3 Å². The van der Waals surface area contributed by atoms with Crippen LogP contribution in [0.3, 0.4) is 0 Å². The Morgan fingerprint density at radius 2 is 1.89 bits per heavy atom. The van der Waals surface area contributed by atoms with Gasteiger partial charge in [-0.15, -0.1) is 6.58 Å². The summed E-state index contributed by atoms with van der Waals surface area (Å²) in [6.07, 6.45) is 2.23. The molecule has 5 heteroatoms. The van der Waals surface area contributed by atoms with Gasteiger partial charge in [0.1, 0.15) is 0 Å². The summed E-state index contributed by atoms with van der Waals surface area (Å²) >= 11 is 0. The molecule has 1 aromatic carbocycles. The number of carbonyl (C=O) groups excluding carboxylic acids is 1. The van der Waals surface area contributed by atoms with Gasteiger partial charge in [0.15, 0.2) is 0 Å². The standard InChI is InChI=1S/C14H17NO3S/c1-4-14(3)10-9-13(16)15(14)19(17,18)12-7-5-11(2)6-8-12/h4-8H,1,9-10H2,2-3H3/t14-/m1/s1. The maximum Gasteiger partial charge on any atom is 0.267 e. The second-order valence-corrected chi connectivity index (χ2v) is 6.82. The minimum atomic E-state index is -3.81. The molecule has 1 aromatic rings. The van der Waals surface area contributed by atoms with Crippen molar-refractivity contribution in [2.45, 2.75) is 37.1 Å². The average molecular weight is 279 g/mol. The Labute approximate surface area is 113 Å². The van der Waals surface area contributed by atoms with E-state index in [-0.39, 0.29) is 17.2 Å². The predicted molar refractivity (Wildman–Crippen MR) is 73.0 cm³/mol. The first-order chi connectivity index (χ1) is 8.81. The molecule has 1 atom stereocenters. The summed E-state index contributed by atoms with van der Waals surface area (Å²) in [5, 5.41) is 0. The van der Waals surface area contributed by atoms with Crippen LogP contribution >= 0.6 is 0 Å². The van der Waals surface area contributed by atoms with Gasteiger partial charge in [-0.25, -0.2) is 12.7 Å². The molecule has 0 radical (unpaired) electrons. The van der Waals surface area contributed by atoms with Crippen molar-refractivity contribution in [2.75, 3.05) is 0 Å². The molecule has 0 bridgehead atoms. The number of sulfonamides is 1. The number of nitrogens with zero attached hydrogens (tertiary/aromatic N) is 1. The van der Waals surface area contributed by atoms with Crippen molar-refractivity contribution < 1.29 is 13.2 Å². The van der Waals surface area contributed by atoms with Crippen LogP contribution in [0.5, 0.6) is 0 Å². The third kappa shape index (κ3) is 2.18. The molecule has 19 heavy (non-hydrogen) atoms. The molecule has 0 N–H and O–H groups in total. The van der Waals surface area contributed by atoms with E-state index in [1.807, 2.05) is 6.92 Å². The van der Waals surface area contributed by atoms with Crippen molar-refractivity contribution in [3.63, 3.8) is 0 Å². The highest BCUT2D eigenvalue weighted by atomic mass is 32.2. The average Bonchev–Trinajstić information content (AvgIpc) is 2.67. The second-order valence-electron chi connectivity index (χ2n) is 5.04. The van der Waals surface area contributed by atoms with Gasteiger partial charge in [-0.05, 0) is 32.4 Å². The van der Waals surface area contributed by atoms with E-state index in [2.05, 4.69) is 6.58 Å². The van der Waals surface area contributed by atoms with E-state index >= 15 is 0 Å².